The zero-order valence-electron chi connectivity index (χ0n) is 14.2. The quantitative estimate of drug-likeness (QED) is 0.899. The van der Waals surface area contributed by atoms with E-state index in [9.17, 15) is 9.90 Å². The molecule has 2 aliphatic rings. The number of hydrogen-bond donors (Lipinski definition) is 2. The molecule has 1 amide bonds. The number of piperidine rings is 1. The highest BCUT2D eigenvalue weighted by molar-refractivity contribution is 5.69. The lowest BCUT2D eigenvalue weighted by Gasteiger charge is -2.26. The van der Waals surface area contributed by atoms with Crippen LogP contribution in [0.4, 0.5) is 4.79 Å². The fraction of sp³-hybridized carbons (Fsp3) is 0.611. The van der Waals surface area contributed by atoms with Gasteiger partial charge in [0, 0.05) is 25.2 Å². The van der Waals surface area contributed by atoms with Gasteiger partial charge >= 0.3 is 6.09 Å². The third-order valence-corrected chi connectivity index (χ3v) is 4.68. The van der Waals surface area contributed by atoms with Crippen molar-refractivity contribution in [2.75, 3.05) is 13.1 Å². The van der Waals surface area contributed by atoms with Gasteiger partial charge in [-0.05, 0) is 57.2 Å². The van der Waals surface area contributed by atoms with Gasteiger partial charge in [0.15, 0.2) is 0 Å². The number of phenolic OH excluding ortho intramolecular Hbond substituents is 1. The smallest absolute Gasteiger partial charge is 0.410 e. The van der Waals surface area contributed by atoms with Crippen molar-refractivity contribution in [1.82, 2.24) is 10.2 Å². The molecule has 2 N–H and O–H groups in total. The summed E-state index contributed by atoms with van der Waals surface area (Å²) >= 11 is 0. The van der Waals surface area contributed by atoms with Crippen molar-refractivity contribution in [3.63, 3.8) is 0 Å². The second-order valence-corrected chi connectivity index (χ2v) is 7.72. The number of nitrogens with zero attached hydrogens (tertiary/aromatic N) is 1. The van der Waals surface area contributed by atoms with Gasteiger partial charge in [-0.25, -0.2) is 4.79 Å². The van der Waals surface area contributed by atoms with Gasteiger partial charge in [-0.2, -0.15) is 0 Å². The van der Waals surface area contributed by atoms with E-state index in [0.29, 0.717) is 17.9 Å². The Morgan fingerprint density at radius 3 is 2.35 bits per heavy atom. The lowest BCUT2D eigenvalue weighted by atomic mass is 10.1. The molecule has 0 spiro atoms. The summed E-state index contributed by atoms with van der Waals surface area (Å²) in [5.41, 5.74) is 0.728. The summed E-state index contributed by atoms with van der Waals surface area (Å²) in [6, 6.07) is 8.02. The molecular weight excluding hydrogens is 292 g/mol. The molecule has 1 heterocycles. The standard InChI is InChI=1S/C18H26N2O3/c1-11(12-5-7-13(21)8-6-12)19-16-14-9-20(10-15(14)16)17(22)23-18(2,3)4/h5-8,11,14-16,19,21H,9-10H2,1-4H3. The Kier molecular flexibility index (Phi) is 4.00. The first-order chi connectivity index (χ1) is 10.7. The number of fused-ring (bicyclic) bond motifs is 1. The molecule has 1 saturated heterocycles. The van der Waals surface area contributed by atoms with Crippen LogP contribution < -0.4 is 5.32 Å². The fourth-order valence-corrected chi connectivity index (χ4v) is 3.40. The highest BCUT2D eigenvalue weighted by atomic mass is 16.6. The van der Waals surface area contributed by atoms with Crippen molar-refractivity contribution in [3.05, 3.63) is 29.8 Å². The van der Waals surface area contributed by atoms with E-state index in [4.69, 9.17) is 4.74 Å². The average Bonchev–Trinajstić information content (AvgIpc) is 2.90. The van der Waals surface area contributed by atoms with Crippen LogP contribution >= 0.6 is 0 Å². The van der Waals surface area contributed by atoms with Gasteiger partial charge < -0.3 is 20.1 Å². The van der Waals surface area contributed by atoms with Crippen LogP contribution in [-0.2, 0) is 4.74 Å². The maximum absolute atomic E-state index is 12.1. The highest BCUT2D eigenvalue weighted by Gasteiger charge is 2.57. The summed E-state index contributed by atoms with van der Waals surface area (Å²) < 4.78 is 5.43. The monoisotopic (exact) mass is 318 g/mol. The van der Waals surface area contributed by atoms with Crippen LogP contribution in [-0.4, -0.2) is 40.8 Å². The van der Waals surface area contributed by atoms with Crippen LogP contribution in [0.1, 0.15) is 39.3 Å². The van der Waals surface area contributed by atoms with Crippen molar-refractivity contribution in [3.8, 4) is 5.75 Å². The number of rotatable bonds is 3. The van der Waals surface area contributed by atoms with Gasteiger partial charge in [-0.1, -0.05) is 12.1 Å². The largest absolute Gasteiger partial charge is 0.508 e. The first-order valence-corrected chi connectivity index (χ1v) is 8.27. The van der Waals surface area contributed by atoms with E-state index in [0.717, 1.165) is 18.7 Å². The minimum atomic E-state index is -0.436. The Morgan fingerprint density at radius 1 is 1.26 bits per heavy atom. The lowest BCUT2D eigenvalue weighted by Crippen LogP contribution is -2.39. The van der Waals surface area contributed by atoms with E-state index >= 15 is 0 Å². The minimum absolute atomic E-state index is 0.199. The zero-order valence-corrected chi connectivity index (χ0v) is 14.2. The third-order valence-electron chi connectivity index (χ3n) is 4.68. The number of aromatic hydroxyl groups is 1. The summed E-state index contributed by atoms with van der Waals surface area (Å²) in [6.07, 6.45) is -0.199. The van der Waals surface area contributed by atoms with Crippen molar-refractivity contribution >= 4 is 6.09 Å². The number of likely N-dealkylation sites (tertiary alicyclic amines) is 1. The first kappa shape index (κ1) is 16.1. The van der Waals surface area contributed by atoms with Crippen LogP contribution in [0.25, 0.3) is 0 Å². The number of carbonyl (C=O) groups excluding carboxylic acids is 1. The Morgan fingerprint density at radius 2 is 1.83 bits per heavy atom. The molecule has 1 aromatic rings. The van der Waals surface area contributed by atoms with Crippen molar-refractivity contribution < 1.29 is 14.6 Å². The molecule has 2 fully saturated rings. The average molecular weight is 318 g/mol. The topological polar surface area (TPSA) is 61.8 Å². The van der Waals surface area contributed by atoms with Crippen molar-refractivity contribution in [2.24, 2.45) is 11.8 Å². The molecule has 5 nitrogen and oxygen atoms in total. The molecule has 1 aliphatic carbocycles. The number of phenols is 1. The van der Waals surface area contributed by atoms with Crippen LogP contribution in [0.2, 0.25) is 0 Å². The number of hydrogen-bond acceptors (Lipinski definition) is 4. The highest BCUT2D eigenvalue weighted by Crippen LogP contribution is 2.46. The predicted octanol–water partition coefficient (Wildman–Crippen LogP) is 2.91. The fourth-order valence-electron chi connectivity index (χ4n) is 3.40. The molecule has 0 radical (unpaired) electrons. The molecule has 1 aromatic carbocycles. The Labute approximate surface area is 137 Å². The summed E-state index contributed by atoms with van der Waals surface area (Å²) in [4.78, 5) is 13.9. The van der Waals surface area contributed by atoms with Gasteiger partial charge in [-0.3, -0.25) is 0 Å². The van der Waals surface area contributed by atoms with Gasteiger partial charge in [0.1, 0.15) is 11.4 Å². The third kappa shape index (κ3) is 3.61. The lowest BCUT2D eigenvalue weighted by molar-refractivity contribution is 0.0268. The van der Waals surface area contributed by atoms with E-state index < -0.39 is 5.60 Å². The van der Waals surface area contributed by atoms with Gasteiger partial charge in [-0.15, -0.1) is 0 Å². The number of benzene rings is 1. The SMILES string of the molecule is CC(NC1C2CN(C(=O)OC(C)(C)C)CC21)c1ccc(O)cc1. The summed E-state index contributed by atoms with van der Waals surface area (Å²) in [5.74, 6) is 1.35. The van der Waals surface area contributed by atoms with Gasteiger partial charge in [0.2, 0.25) is 0 Å². The predicted molar refractivity (Wildman–Crippen MR) is 88.2 cm³/mol. The van der Waals surface area contributed by atoms with Crippen LogP contribution in [0.5, 0.6) is 5.75 Å². The number of amides is 1. The van der Waals surface area contributed by atoms with Crippen LogP contribution in [0.15, 0.2) is 24.3 Å². The van der Waals surface area contributed by atoms with Gasteiger partial charge in [0.25, 0.3) is 0 Å². The summed E-state index contributed by atoms with van der Waals surface area (Å²) in [7, 11) is 0. The van der Waals surface area contributed by atoms with Crippen LogP contribution in [0, 0.1) is 11.8 Å². The summed E-state index contributed by atoms with van der Waals surface area (Å²) in [5, 5.41) is 13.0. The molecule has 3 atom stereocenters. The van der Waals surface area contributed by atoms with E-state index in [1.165, 1.54) is 0 Å². The molecule has 3 unspecified atom stereocenters. The molecule has 0 bridgehead atoms. The number of carbonyl (C=O) groups is 1. The molecule has 1 saturated carbocycles. The maximum Gasteiger partial charge on any atom is 0.410 e. The Balaban J connectivity index is 1.48. The van der Waals surface area contributed by atoms with E-state index in [1.807, 2.05) is 37.8 Å². The molecule has 3 rings (SSSR count). The molecule has 0 aromatic heterocycles. The van der Waals surface area contributed by atoms with Crippen molar-refractivity contribution in [2.45, 2.75) is 45.4 Å². The Hall–Kier alpha value is -1.75. The molecule has 1 aliphatic heterocycles. The second kappa shape index (κ2) is 5.71. The number of nitrogens with one attached hydrogen (secondary N) is 1. The molecule has 5 heteroatoms. The Bertz CT molecular complexity index is 567. The zero-order chi connectivity index (χ0) is 16.8. The second-order valence-electron chi connectivity index (χ2n) is 7.72. The van der Waals surface area contributed by atoms with E-state index in [-0.39, 0.29) is 17.9 Å². The van der Waals surface area contributed by atoms with Crippen molar-refractivity contribution in [1.29, 1.82) is 0 Å². The van der Waals surface area contributed by atoms with E-state index in [2.05, 4.69) is 12.2 Å². The molecule has 126 valence electrons. The molecule has 23 heavy (non-hydrogen) atoms. The molecular formula is C18H26N2O3. The van der Waals surface area contributed by atoms with Gasteiger partial charge in [0.05, 0.1) is 0 Å². The van der Waals surface area contributed by atoms with Crippen LogP contribution in [0.3, 0.4) is 0 Å². The first-order valence-electron chi connectivity index (χ1n) is 8.27. The minimum Gasteiger partial charge on any atom is -0.508 e. The summed E-state index contributed by atoms with van der Waals surface area (Å²) in [6.45, 7) is 9.37. The normalized spacial score (nSPS) is 27.5. The van der Waals surface area contributed by atoms with E-state index in [1.54, 1.807) is 12.1 Å². The number of ether oxygens (including phenoxy) is 1. The maximum atomic E-state index is 12.1.